The first-order valence-corrected chi connectivity index (χ1v) is 10.5. The number of aromatic nitrogens is 2. The van der Waals surface area contributed by atoms with Gasteiger partial charge in [0.05, 0.1) is 12.5 Å². The van der Waals surface area contributed by atoms with Crippen LogP contribution in [-0.2, 0) is 4.79 Å². The van der Waals surface area contributed by atoms with Crippen LogP contribution in [0.4, 0.5) is 11.6 Å². The maximum absolute atomic E-state index is 12.8. The lowest BCUT2D eigenvalue weighted by molar-refractivity contribution is -0.120. The van der Waals surface area contributed by atoms with Crippen molar-refractivity contribution in [1.29, 1.82) is 0 Å². The lowest BCUT2D eigenvalue weighted by atomic mass is 9.97. The monoisotopic (exact) mass is 418 g/mol. The molecule has 1 atom stereocenters. The molecule has 2 aromatic carbocycles. The van der Waals surface area contributed by atoms with Gasteiger partial charge in [-0.3, -0.25) is 4.79 Å². The summed E-state index contributed by atoms with van der Waals surface area (Å²) in [6.45, 7) is 4.07. The maximum atomic E-state index is 12.8. The van der Waals surface area contributed by atoms with E-state index in [2.05, 4.69) is 20.2 Å². The molecule has 0 spiro atoms. The highest BCUT2D eigenvalue weighted by Gasteiger charge is 2.27. The first-order chi connectivity index (χ1) is 15.2. The summed E-state index contributed by atoms with van der Waals surface area (Å²) in [4.78, 5) is 23.5. The third-order valence-corrected chi connectivity index (χ3v) is 5.12. The van der Waals surface area contributed by atoms with Crippen LogP contribution in [0, 0.1) is 5.92 Å². The SMILES string of the molecule is CCOc1ccc(Oc2ccc(NC(=O)[C@@H]3CCCN(c4ncccn4)C3)cc2)cc1. The molecule has 1 N–H and O–H groups in total. The molecule has 1 aromatic heterocycles. The summed E-state index contributed by atoms with van der Waals surface area (Å²) in [5, 5.41) is 3.02. The summed E-state index contributed by atoms with van der Waals surface area (Å²) in [6.07, 6.45) is 5.24. The topological polar surface area (TPSA) is 76.6 Å². The van der Waals surface area contributed by atoms with Crippen LogP contribution in [0.2, 0.25) is 0 Å². The van der Waals surface area contributed by atoms with E-state index in [9.17, 15) is 4.79 Å². The van der Waals surface area contributed by atoms with Crippen LogP contribution in [0.15, 0.2) is 67.0 Å². The molecule has 1 aliphatic rings. The zero-order valence-electron chi connectivity index (χ0n) is 17.5. The molecule has 4 rings (SSSR count). The fourth-order valence-electron chi connectivity index (χ4n) is 3.58. The van der Waals surface area contributed by atoms with Crippen LogP contribution in [0.1, 0.15) is 19.8 Å². The highest BCUT2D eigenvalue weighted by molar-refractivity contribution is 5.93. The van der Waals surface area contributed by atoms with Gasteiger partial charge in [0.2, 0.25) is 11.9 Å². The lowest BCUT2D eigenvalue weighted by Crippen LogP contribution is -2.41. The van der Waals surface area contributed by atoms with Crippen LogP contribution >= 0.6 is 0 Å². The number of rotatable bonds is 7. The number of benzene rings is 2. The molecule has 0 bridgehead atoms. The van der Waals surface area contributed by atoms with Gasteiger partial charge < -0.3 is 19.7 Å². The van der Waals surface area contributed by atoms with Crippen molar-refractivity contribution < 1.29 is 14.3 Å². The zero-order valence-corrected chi connectivity index (χ0v) is 17.5. The smallest absolute Gasteiger partial charge is 0.229 e. The molecule has 1 saturated heterocycles. The number of anilines is 2. The standard InChI is InChI=1S/C24H26N4O3/c1-2-30-20-10-12-22(13-11-20)31-21-8-6-19(7-9-21)27-23(29)18-5-3-16-28(17-18)24-25-14-4-15-26-24/h4,6-15,18H,2-3,5,16-17H2,1H3,(H,27,29)/t18-/m1/s1. The number of ether oxygens (including phenoxy) is 2. The quantitative estimate of drug-likeness (QED) is 0.608. The number of hydrogen-bond acceptors (Lipinski definition) is 6. The molecule has 0 aliphatic carbocycles. The molecule has 7 nitrogen and oxygen atoms in total. The molecule has 2 heterocycles. The van der Waals surface area contributed by atoms with Gasteiger partial charge in [0.1, 0.15) is 17.2 Å². The average Bonchev–Trinajstić information content (AvgIpc) is 2.82. The van der Waals surface area contributed by atoms with Gasteiger partial charge in [-0.25, -0.2) is 9.97 Å². The number of hydrogen-bond donors (Lipinski definition) is 1. The number of amides is 1. The molecule has 1 amide bonds. The fourth-order valence-corrected chi connectivity index (χ4v) is 3.58. The van der Waals surface area contributed by atoms with E-state index < -0.39 is 0 Å². The summed E-state index contributed by atoms with van der Waals surface area (Å²) in [6, 6.07) is 16.7. The number of piperidine rings is 1. The largest absolute Gasteiger partial charge is 0.494 e. The minimum Gasteiger partial charge on any atom is -0.494 e. The van der Waals surface area contributed by atoms with E-state index in [0.29, 0.717) is 24.8 Å². The maximum Gasteiger partial charge on any atom is 0.229 e. The second-order valence-electron chi connectivity index (χ2n) is 7.35. The fraction of sp³-hybridized carbons (Fsp3) is 0.292. The predicted octanol–water partition coefficient (Wildman–Crippen LogP) is 4.52. The molecule has 0 saturated carbocycles. The van der Waals surface area contributed by atoms with Crippen molar-refractivity contribution in [2.24, 2.45) is 5.92 Å². The molecule has 0 radical (unpaired) electrons. The number of nitrogens with one attached hydrogen (secondary N) is 1. The van der Waals surface area contributed by atoms with Gasteiger partial charge in [0.15, 0.2) is 0 Å². The van der Waals surface area contributed by atoms with E-state index in [1.54, 1.807) is 18.5 Å². The van der Waals surface area contributed by atoms with Gasteiger partial charge in [-0.1, -0.05) is 0 Å². The van der Waals surface area contributed by atoms with Crippen LogP contribution in [0.5, 0.6) is 17.2 Å². The molecule has 3 aromatic rings. The van der Waals surface area contributed by atoms with Gasteiger partial charge >= 0.3 is 0 Å². The van der Waals surface area contributed by atoms with Crippen molar-refractivity contribution in [1.82, 2.24) is 9.97 Å². The highest BCUT2D eigenvalue weighted by Crippen LogP contribution is 2.26. The lowest BCUT2D eigenvalue weighted by Gasteiger charge is -2.31. The Morgan fingerprint density at radius 2 is 1.68 bits per heavy atom. The first kappa shape index (κ1) is 20.7. The molecular formula is C24H26N4O3. The molecule has 7 heteroatoms. The zero-order chi connectivity index (χ0) is 21.5. The Morgan fingerprint density at radius 3 is 2.35 bits per heavy atom. The van der Waals surface area contributed by atoms with Gasteiger partial charge in [0, 0.05) is 31.2 Å². The molecule has 160 valence electrons. The Kier molecular flexibility index (Phi) is 6.62. The normalized spacial score (nSPS) is 15.9. The number of nitrogens with zero attached hydrogens (tertiary/aromatic N) is 3. The third kappa shape index (κ3) is 5.51. The Balaban J connectivity index is 1.32. The Hall–Kier alpha value is -3.61. The summed E-state index contributed by atoms with van der Waals surface area (Å²) >= 11 is 0. The molecule has 0 unspecified atom stereocenters. The summed E-state index contributed by atoms with van der Waals surface area (Å²) < 4.78 is 11.3. The summed E-state index contributed by atoms with van der Waals surface area (Å²) in [5.41, 5.74) is 0.747. The van der Waals surface area contributed by atoms with Crippen molar-refractivity contribution in [2.75, 3.05) is 29.9 Å². The number of carbonyl (C=O) groups excluding carboxylic acids is 1. The third-order valence-electron chi connectivity index (χ3n) is 5.12. The van der Waals surface area contributed by atoms with Crippen LogP contribution in [0.3, 0.4) is 0 Å². The predicted molar refractivity (Wildman–Crippen MR) is 120 cm³/mol. The molecule has 31 heavy (non-hydrogen) atoms. The Morgan fingerprint density at radius 1 is 1.03 bits per heavy atom. The molecular weight excluding hydrogens is 392 g/mol. The van der Waals surface area contributed by atoms with E-state index in [0.717, 1.165) is 36.6 Å². The van der Waals surface area contributed by atoms with E-state index in [1.165, 1.54) is 0 Å². The number of carbonyl (C=O) groups is 1. The minimum absolute atomic E-state index is 0.0146. The van der Waals surface area contributed by atoms with Crippen LogP contribution < -0.4 is 19.7 Å². The molecule has 1 aliphatic heterocycles. The second-order valence-corrected chi connectivity index (χ2v) is 7.35. The van der Waals surface area contributed by atoms with Gasteiger partial charge in [0.25, 0.3) is 0 Å². The Bertz CT molecular complexity index is 978. The molecule has 1 fully saturated rings. The minimum atomic E-state index is -0.0997. The second kappa shape index (κ2) is 9.93. The van der Waals surface area contributed by atoms with Crippen molar-refractivity contribution in [3.8, 4) is 17.2 Å². The van der Waals surface area contributed by atoms with Crippen molar-refractivity contribution in [2.45, 2.75) is 19.8 Å². The van der Waals surface area contributed by atoms with Crippen LogP contribution in [0.25, 0.3) is 0 Å². The van der Waals surface area contributed by atoms with E-state index >= 15 is 0 Å². The first-order valence-electron chi connectivity index (χ1n) is 10.5. The van der Waals surface area contributed by atoms with E-state index in [-0.39, 0.29) is 11.8 Å². The van der Waals surface area contributed by atoms with Crippen molar-refractivity contribution in [3.05, 3.63) is 67.0 Å². The van der Waals surface area contributed by atoms with E-state index in [1.807, 2.05) is 55.5 Å². The van der Waals surface area contributed by atoms with Gasteiger partial charge in [-0.05, 0) is 74.4 Å². The van der Waals surface area contributed by atoms with Gasteiger partial charge in [-0.2, -0.15) is 0 Å². The van der Waals surface area contributed by atoms with E-state index in [4.69, 9.17) is 9.47 Å². The summed E-state index contributed by atoms with van der Waals surface area (Å²) in [7, 11) is 0. The highest BCUT2D eigenvalue weighted by atomic mass is 16.5. The van der Waals surface area contributed by atoms with Crippen LogP contribution in [-0.4, -0.2) is 35.6 Å². The van der Waals surface area contributed by atoms with Crippen molar-refractivity contribution >= 4 is 17.5 Å². The average molecular weight is 418 g/mol. The summed E-state index contributed by atoms with van der Waals surface area (Å²) in [5.74, 6) is 2.83. The van der Waals surface area contributed by atoms with Gasteiger partial charge in [-0.15, -0.1) is 0 Å². The van der Waals surface area contributed by atoms with Crippen molar-refractivity contribution in [3.63, 3.8) is 0 Å². The Labute approximate surface area is 182 Å².